The van der Waals surface area contributed by atoms with Gasteiger partial charge in [0.2, 0.25) is 0 Å². The van der Waals surface area contributed by atoms with E-state index in [1.807, 2.05) is 0 Å². The molecule has 0 aliphatic carbocycles. The van der Waals surface area contributed by atoms with Gasteiger partial charge in [0.05, 0.1) is 0 Å². The van der Waals surface area contributed by atoms with Crippen molar-refractivity contribution in [1.29, 1.82) is 4.61 Å². The van der Waals surface area contributed by atoms with E-state index in [9.17, 15) is 4.79 Å². The predicted molar refractivity (Wildman–Crippen MR) is 29.5 cm³/mol. The molecule has 0 radical (unpaired) electrons. The fraction of sp³-hybridized carbons (Fsp3) is 0.750. The number of carbonyl (C=O) groups excluding carboxylic acids is 1. The van der Waals surface area contributed by atoms with Gasteiger partial charge in [0.1, 0.15) is 5.78 Å². The van der Waals surface area contributed by atoms with Crippen molar-refractivity contribution in [3.05, 3.63) is 0 Å². The molecule has 0 saturated carbocycles. The van der Waals surface area contributed by atoms with Crippen LogP contribution in [0.3, 0.4) is 0 Å². The zero-order valence-corrected chi connectivity index (χ0v) is 4.99. The second kappa shape index (κ2) is 3.78. The van der Waals surface area contributed by atoms with Gasteiger partial charge in [0, 0.05) is 23.6 Å². The van der Waals surface area contributed by atoms with Crippen LogP contribution in [-0.4, -0.2) is 11.5 Å². The summed E-state index contributed by atoms with van der Waals surface area (Å²) in [7, 11) is 0. The van der Waals surface area contributed by atoms with E-state index in [-0.39, 0.29) is 5.78 Å². The summed E-state index contributed by atoms with van der Waals surface area (Å²) in [6.07, 6.45) is 0.473. The Balaban J connectivity index is 3.02. The van der Waals surface area contributed by atoms with Crippen LogP contribution >= 0.6 is 11.4 Å². The van der Waals surface area contributed by atoms with Gasteiger partial charge in [0.25, 0.3) is 0 Å². The first-order valence-corrected chi connectivity index (χ1v) is 2.97. The van der Waals surface area contributed by atoms with Crippen LogP contribution in [0.2, 0.25) is 0 Å². The summed E-state index contributed by atoms with van der Waals surface area (Å²) in [4.78, 5) is 10.1. The molecule has 0 saturated heterocycles. The smallest absolute Gasteiger partial charge is 0.131 e. The molecule has 40 valence electrons. The first-order valence-electron chi connectivity index (χ1n) is 2.03. The van der Waals surface area contributed by atoms with Crippen molar-refractivity contribution in [2.75, 3.05) is 5.75 Å². The highest BCUT2D eigenvalue weighted by Gasteiger charge is 1.87. The van der Waals surface area contributed by atoms with Crippen LogP contribution in [0.5, 0.6) is 0 Å². The molecule has 0 aromatic carbocycles. The molecule has 0 fully saturated rings. The van der Waals surface area contributed by atoms with Crippen LogP contribution in [0.15, 0.2) is 0 Å². The molecule has 7 heavy (non-hydrogen) atoms. The van der Waals surface area contributed by atoms with E-state index in [0.717, 1.165) is 0 Å². The lowest BCUT2D eigenvalue weighted by atomic mass is 10.4. The molecule has 0 spiro atoms. The van der Waals surface area contributed by atoms with Crippen LogP contribution < -0.4 is 0 Å². The lowest BCUT2D eigenvalue weighted by Gasteiger charge is -1.78. The molecule has 0 aromatic rings. The molecule has 0 N–H and O–H groups in total. The van der Waals surface area contributed by atoms with Crippen LogP contribution in [0, 0.1) is 4.61 Å². The summed E-state index contributed by atoms with van der Waals surface area (Å²) in [6.45, 7) is 1.51. The zero-order valence-electron chi connectivity index (χ0n) is 4.18. The summed E-state index contributed by atoms with van der Waals surface area (Å²) in [5.74, 6) is 0.650. The van der Waals surface area contributed by atoms with Gasteiger partial charge in [-0.05, 0) is 6.92 Å². The van der Waals surface area contributed by atoms with Crippen molar-refractivity contribution < 1.29 is 4.79 Å². The van der Waals surface area contributed by atoms with E-state index in [1.165, 1.54) is 6.92 Å². The van der Waals surface area contributed by atoms with Crippen LogP contribution in [0.4, 0.5) is 0 Å². The van der Waals surface area contributed by atoms with Gasteiger partial charge in [-0.3, -0.25) is 4.79 Å². The van der Waals surface area contributed by atoms with Gasteiger partial charge in [-0.15, -0.1) is 0 Å². The molecule has 0 bridgehead atoms. The molecule has 0 rings (SSSR count). The summed E-state index contributed by atoms with van der Waals surface area (Å²) < 4.78 is 8.08. The van der Waals surface area contributed by atoms with Gasteiger partial charge < -0.3 is 0 Å². The number of carbonyl (C=O) groups is 1. The molecular formula is C4H7NOS. The topological polar surface area (TPSA) is 40.9 Å². The maximum absolute atomic E-state index is 10.1. The zero-order chi connectivity index (χ0) is 5.70. The Morgan fingerprint density at radius 2 is 2.43 bits per heavy atom. The van der Waals surface area contributed by atoms with Crippen molar-refractivity contribution in [3.8, 4) is 0 Å². The predicted octanol–water partition coefficient (Wildman–Crippen LogP) is 1.18. The standard InChI is InChI=1S/C4H7NOS/c1-4(6)2-3-7-5/h2-3H2,1H3. The first kappa shape index (κ1) is 6.60. The SMILES string of the molecule is CC(=O)CCS#N. The monoisotopic (exact) mass is 117 g/mol. The third-order valence-corrected chi connectivity index (χ3v) is 0.932. The number of ketones is 1. The molecule has 2 nitrogen and oxygen atoms in total. The van der Waals surface area contributed by atoms with Crippen LogP contribution in [-0.2, 0) is 4.79 Å². The van der Waals surface area contributed by atoms with E-state index in [0.29, 0.717) is 23.6 Å². The van der Waals surface area contributed by atoms with Gasteiger partial charge in [0.15, 0.2) is 0 Å². The largest absolute Gasteiger partial charge is 0.300 e. The number of nitrogens with zero attached hydrogens (tertiary/aromatic N) is 1. The fourth-order valence-corrected chi connectivity index (χ4v) is 0.568. The van der Waals surface area contributed by atoms with Crippen molar-refractivity contribution in [1.82, 2.24) is 0 Å². The molecule has 0 aliphatic heterocycles. The number of hydrogen-bond donors (Lipinski definition) is 0. The van der Waals surface area contributed by atoms with E-state index in [4.69, 9.17) is 4.61 Å². The molecule has 0 heterocycles. The molecule has 0 atom stereocenters. The first-order chi connectivity index (χ1) is 3.27. The van der Waals surface area contributed by atoms with Gasteiger partial charge >= 0.3 is 0 Å². The third kappa shape index (κ3) is 5.60. The Bertz CT molecular complexity index is 105. The highest BCUT2D eigenvalue weighted by molar-refractivity contribution is 7.85. The minimum absolute atomic E-state index is 0.126. The summed E-state index contributed by atoms with van der Waals surface area (Å²) in [5.41, 5.74) is 0. The van der Waals surface area contributed by atoms with Crippen molar-refractivity contribution in [2.24, 2.45) is 0 Å². The Morgan fingerprint density at radius 1 is 1.86 bits per heavy atom. The minimum atomic E-state index is 0.126. The summed E-state index contributed by atoms with van der Waals surface area (Å²) >= 11 is 0.709. The van der Waals surface area contributed by atoms with Crippen LogP contribution in [0.25, 0.3) is 0 Å². The Kier molecular flexibility index (Phi) is 3.56. The highest BCUT2D eigenvalue weighted by Crippen LogP contribution is 1.85. The summed E-state index contributed by atoms with van der Waals surface area (Å²) in [5, 5.41) is 0. The van der Waals surface area contributed by atoms with Gasteiger partial charge in [-0.25, -0.2) is 0 Å². The highest BCUT2D eigenvalue weighted by atomic mass is 32.1. The molecule has 0 amide bonds. The second-order valence-electron chi connectivity index (χ2n) is 1.29. The molecule has 0 aromatic heterocycles. The van der Waals surface area contributed by atoms with Crippen molar-refractivity contribution in [3.63, 3.8) is 0 Å². The number of rotatable bonds is 2. The minimum Gasteiger partial charge on any atom is -0.300 e. The molecular weight excluding hydrogens is 110 g/mol. The maximum atomic E-state index is 10.1. The summed E-state index contributed by atoms with van der Waals surface area (Å²) in [6, 6.07) is 0. The average Bonchev–Trinajstić information content (AvgIpc) is 1.61. The Morgan fingerprint density at radius 3 is 2.57 bits per heavy atom. The second-order valence-corrected chi connectivity index (χ2v) is 1.95. The maximum Gasteiger partial charge on any atom is 0.131 e. The fourth-order valence-electron chi connectivity index (χ4n) is 0.189. The number of Topliss-reactive ketones (excluding diaryl/α,β-unsaturated/α-hetero) is 1. The van der Waals surface area contributed by atoms with Gasteiger partial charge in [-0.1, -0.05) is 0 Å². The van der Waals surface area contributed by atoms with E-state index < -0.39 is 0 Å². The van der Waals surface area contributed by atoms with Crippen molar-refractivity contribution in [2.45, 2.75) is 13.3 Å². The third-order valence-electron chi connectivity index (χ3n) is 0.545. The van der Waals surface area contributed by atoms with E-state index >= 15 is 0 Å². The Hall–Kier alpha value is -0.400. The van der Waals surface area contributed by atoms with Gasteiger partial charge in [-0.2, -0.15) is 4.61 Å². The lowest BCUT2D eigenvalue weighted by molar-refractivity contribution is -0.116. The molecule has 0 aliphatic rings. The quantitative estimate of drug-likeness (QED) is 0.545. The van der Waals surface area contributed by atoms with E-state index in [1.54, 1.807) is 0 Å². The lowest BCUT2D eigenvalue weighted by Crippen LogP contribution is -1.88. The van der Waals surface area contributed by atoms with Crippen molar-refractivity contribution >= 4 is 17.2 Å². The molecule has 0 unspecified atom stereocenters. The Labute approximate surface area is 46.5 Å². The number of hydrogen-bond acceptors (Lipinski definition) is 2. The average molecular weight is 117 g/mol. The normalized spacial score (nSPS) is 8.00. The van der Waals surface area contributed by atoms with E-state index in [2.05, 4.69) is 0 Å². The molecule has 3 heteroatoms. The van der Waals surface area contributed by atoms with Crippen LogP contribution in [0.1, 0.15) is 13.3 Å².